The molecular formula is C31H38FN5O9. The van der Waals surface area contributed by atoms with Crippen LogP contribution in [0.5, 0.6) is 0 Å². The fourth-order valence-electron chi connectivity index (χ4n) is 4.17. The van der Waals surface area contributed by atoms with E-state index in [1.54, 1.807) is 20.8 Å². The van der Waals surface area contributed by atoms with Crippen molar-refractivity contribution in [3.05, 3.63) is 76.6 Å². The Balaban J connectivity index is 1.96. The number of benzene rings is 1. The summed E-state index contributed by atoms with van der Waals surface area (Å²) in [6.07, 6.45) is -1.25. The van der Waals surface area contributed by atoms with Crippen molar-refractivity contribution in [2.75, 3.05) is 33.5 Å². The van der Waals surface area contributed by atoms with Crippen LogP contribution in [0, 0.1) is 5.82 Å². The van der Waals surface area contributed by atoms with Gasteiger partial charge in [0.1, 0.15) is 17.1 Å². The Bertz CT molecular complexity index is 1720. The second kappa shape index (κ2) is 14.0. The van der Waals surface area contributed by atoms with Crippen molar-refractivity contribution in [2.24, 2.45) is 0 Å². The third-order valence-electron chi connectivity index (χ3n) is 6.39. The fourth-order valence-corrected chi connectivity index (χ4v) is 4.17. The van der Waals surface area contributed by atoms with Crippen LogP contribution in [0.1, 0.15) is 32.9 Å². The molecule has 3 aromatic rings. The zero-order chi connectivity index (χ0) is 34.6. The van der Waals surface area contributed by atoms with Gasteiger partial charge in [-0.05, 0) is 63.2 Å². The molecule has 0 bridgehead atoms. The molecule has 0 aliphatic carbocycles. The molecule has 3 amide bonds. The van der Waals surface area contributed by atoms with Crippen molar-refractivity contribution < 1.29 is 43.3 Å². The minimum absolute atomic E-state index is 0.217. The van der Waals surface area contributed by atoms with E-state index in [0.717, 1.165) is 21.6 Å². The predicted octanol–water partition coefficient (Wildman–Crippen LogP) is 2.49. The SMILES string of the molecule is CN(C)C(=O)/C=C/CC(O)(O)C(OC(=O)N(C)C)C(=O)Nc1cccn(Cc2cc3cc(F)ccc3n2C(=O)OC(C)(C)C)c1=O. The summed E-state index contributed by atoms with van der Waals surface area (Å²) in [7, 11) is 5.58. The van der Waals surface area contributed by atoms with Gasteiger partial charge in [-0.3, -0.25) is 14.4 Å². The molecule has 0 spiro atoms. The van der Waals surface area contributed by atoms with E-state index >= 15 is 0 Å². The van der Waals surface area contributed by atoms with Gasteiger partial charge in [-0.15, -0.1) is 0 Å². The van der Waals surface area contributed by atoms with Crippen LogP contribution in [0.25, 0.3) is 10.9 Å². The molecule has 0 saturated heterocycles. The normalized spacial score (nSPS) is 12.6. The molecule has 0 aliphatic heterocycles. The quantitative estimate of drug-likeness (QED) is 0.234. The molecule has 15 heteroatoms. The summed E-state index contributed by atoms with van der Waals surface area (Å²) in [5.74, 6) is -5.24. The molecule has 0 fully saturated rings. The first-order valence-electron chi connectivity index (χ1n) is 14.0. The third-order valence-corrected chi connectivity index (χ3v) is 6.39. The summed E-state index contributed by atoms with van der Waals surface area (Å²) < 4.78 is 27.0. The number of hydrogen-bond acceptors (Lipinski definition) is 9. The van der Waals surface area contributed by atoms with E-state index in [1.165, 1.54) is 80.3 Å². The van der Waals surface area contributed by atoms with Crippen molar-refractivity contribution >= 4 is 40.6 Å². The van der Waals surface area contributed by atoms with E-state index in [2.05, 4.69) is 5.32 Å². The van der Waals surface area contributed by atoms with E-state index in [9.17, 15) is 38.6 Å². The Morgan fingerprint density at radius 1 is 1.04 bits per heavy atom. The zero-order valence-corrected chi connectivity index (χ0v) is 26.6. The molecular weight excluding hydrogens is 605 g/mol. The standard InChI is InChI=1S/C31H38FN5O9/c1-30(2,3)46-29(42)37-21(17-19-16-20(32)12-13-23(19)37)18-36-15-9-10-22(27(36)40)33-26(39)25(45-28(41)35(6)7)31(43,44)14-8-11-24(38)34(4)5/h8-13,15-17,25,43-44H,14,18H2,1-7H3,(H,33,39)/b11-8+. The second-order valence-electron chi connectivity index (χ2n) is 11.9. The first kappa shape index (κ1) is 35.5. The first-order chi connectivity index (χ1) is 21.3. The Morgan fingerprint density at radius 3 is 2.33 bits per heavy atom. The van der Waals surface area contributed by atoms with Crippen molar-refractivity contribution in [1.29, 1.82) is 0 Å². The monoisotopic (exact) mass is 643 g/mol. The van der Waals surface area contributed by atoms with E-state index in [1.807, 2.05) is 0 Å². The Hall–Kier alpha value is -5.02. The van der Waals surface area contributed by atoms with Crippen LogP contribution in [-0.4, -0.2) is 98.8 Å². The Labute approximate surface area is 264 Å². The van der Waals surface area contributed by atoms with E-state index in [-0.39, 0.29) is 17.9 Å². The summed E-state index contributed by atoms with van der Waals surface area (Å²) in [5, 5.41) is 24.1. The molecule has 1 unspecified atom stereocenters. The molecule has 14 nitrogen and oxygen atoms in total. The molecule has 248 valence electrons. The maximum Gasteiger partial charge on any atom is 0.419 e. The maximum atomic E-state index is 14.0. The number of hydrogen-bond donors (Lipinski definition) is 3. The summed E-state index contributed by atoms with van der Waals surface area (Å²) in [5.41, 5.74) is -1.33. The van der Waals surface area contributed by atoms with Crippen LogP contribution in [0.2, 0.25) is 0 Å². The number of halogens is 1. The number of carbonyl (C=O) groups excluding carboxylic acids is 4. The van der Waals surface area contributed by atoms with Gasteiger partial charge in [0.2, 0.25) is 17.8 Å². The van der Waals surface area contributed by atoms with Crippen LogP contribution in [-0.2, 0) is 25.6 Å². The lowest BCUT2D eigenvalue weighted by Gasteiger charge is -2.30. The number of carbonyl (C=O) groups is 4. The van der Waals surface area contributed by atoms with E-state index in [4.69, 9.17) is 9.47 Å². The lowest BCUT2D eigenvalue weighted by molar-refractivity contribution is -0.218. The Morgan fingerprint density at radius 2 is 1.72 bits per heavy atom. The largest absolute Gasteiger partial charge is 0.443 e. The summed E-state index contributed by atoms with van der Waals surface area (Å²) in [6, 6.07) is 8.01. The average molecular weight is 644 g/mol. The van der Waals surface area contributed by atoms with Gasteiger partial charge in [0.15, 0.2) is 0 Å². The molecule has 0 radical (unpaired) electrons. The minimum atomic E-state index is -2.99. The molecule has 0 aliphatic rings. The van der Waals surface area contributed by atoms with Crippen molar-refractivity contribution in [3.63, 3.8) is 0 Å². The molecule has 46 heavy (non-hydrogen) atoms. The third kappa shape index (κ3) is 8.79. The van der Waals surface area contributed by atoms with Gasteiger partial charge in [0, 0.05) is 51.9 Å². The predicted molar refractivity (Wildman–Crippen MR) is 166 cm³/mol. The first-order valence-corrected chi connectivity index (χ1v) is 14.0. The molecule has 1 aromatic carbocycles. The molecule has 3 N–H and O–H groups in total. The van der Waals surface area contributed by atoms with Gasteiger partial charge in [-0.1, -0.05) is 6.08 Å². The van der Waals surface area contributed by atoms with Crippen LogP contribution in [0.15, 0.2) is 59.5 Å². The van der Waals surface area contributed by atoms with Crippen LogP contribution in [0.3, 0.4) is 0 Å². The number of nitrogens with one attached hydrogen (secondary N) is 1. The maximum absolute atomic E-state index is 14.0. The second-order valence-corrected chi connectivity index (χ2v) is 11.9. The van der Waals surface area contributed by atoms with Crippen LogP contribution >= 0.6 is 0 Å². The fraction of sp³-hybridized carbons (Fsp3) is 0.387. The van der Waals surface area contributed by atoms with E-state index in [0.29, 0.717) is 10.9 Å². The lowest BCUT2D eigenvalue weighted by Crippen LogP contribution is -2.53. The molecule has 0 saturated carbocycles. The van der Waals surface area contributed by atoms with Gasteiger partial charge >= 0.3 is 12.2 Å². The summed E-state index contributed by atoms with van der Waals surface area (Å²) in [4.78, 5) is 66.3. The number of nitrogens with zero attached hydrogens (tertiary/aromatic N) is 4. The smallest absolute Gasteiger partial charge is 0.419 e. The average Bonchev–Trinajstić information content (AvgIpc) is 3.29. The summed E-state index contributed by atoms with van der Waals surface area (Å²) in [6.45, 7) is 4.83. The number of rotatable bonds is 9. The molecule has 3 rings (SSSR count). The van der Waals surface area contributed by atoms with Crippen molar-refractivity contribution in [3.8, 4) is 0 Å². The number of aromatic nitrogens is 2. The number of aliphatic hydroxyl groups is 2. The lowest BCUT2D eigenvalue weighted by atomic mass is 10.0. The minimum Gasteiger partial charge on any atom is -0.443 e. The number of likely N-dealkylation sites (N-methyl/N-ethyl adjacent to an activating group) is 1. The van der Waals surface area contributed by atoms with Gasteiger partial charge in [0.05, 0.1) is 12.1 Å². The highest BCUT2D eigenvalue weighted by Gasteiger charge is 2.43. The summed E-state index contributed by atoms with van der Waals surface area (Å²) >= 11 is 0. The van der Waals surface area contributed by atoms with Crippen molar-refractivity contribution in [2.45, 2.75) is 51.2 Å². The van der Waals surface area contributed by atoms with Gasteiger partial charge in [0.25, 0.3) is 11.5 Å². The topological polar surface area (TPSA) is 173 Å². The van der Waals surface area contributed by atoms with Gasteiger partial charge in [-0.2, -0.15) is 0 Å². The van der Waals surface area contributed by atoms with E-state index < -0.39 is 59.3 Å². The number of fused-ring (bicyclic) bond motifs is 1. The molecule has 2 aromatic heterocycles. The van der Waals surface area contributed by atoms with Gasteiger partial charge in [-0.25, -0.2) is 18.5 Å². The zero-order valence-electron chi connectivity index (χ0n) is 26.6. The highest BCUT2D eigenvalue weighted by Crippen LogP contribution is 2.24. The van der Waals surface area contributed by atoms with Gasteiger partial charge < -0.3 is 39.4 Å². The highest BCUT2D eigenvalue weighted by atomic mass is 19.1. The number of amides is 3. The van der Waals surface area contributed by atoms with Crippen molar-refractivity contribution in [1.82, 2.24) is 18.9 Å². The van der Waals surface area contributed by atoms with Crippen LogP contribution in [0.4, 0.5) is 19.7 Å². The highest BCUT2D eigenvalue weighted by molar-refractivity contribution is 5.96. The van der Waals surface area contributed by atoms with Crippen LogP contribution < -0.4 is 10.9 Å². The molecule has 1 atom stereocenters. The Kier molecular flexibility index (Phi) is 10.8. The number of anilines is 1. The number of pyridine rings is 1. The number of ether oxygens (including phenoxy) is 2. The molecule has 2 heterocycles.